The van der Waals surface area contributed by atoms with Gasteiger partial charge in [-0.3, -0.25) is 10.2 Å². The fourth-order valence-electron chi connectivity index (χ4n) is 2.55. The van der Waals surface area contributed by atoms with Crippen LogP contribution in [0.15, 0.2) is 48.5 Å². The summed E-state index contributed by atoms with van der Waals surface area (Å²) < 4.78 is 20.8. The lowest BCUT2D eigenvalue weighted by molar-refractivity contribution is -0.0943. The van der Waals surface area contributed by atoms with Gasteiger partial charge in [0, 0.05) is 31.7 Å². The Morgan fingerprint density at radius 1 is 1.07 bits per heavy atom. The van der Waals surface area contributed by atoms with Crippen LogP contribution in [0, 0.1) is 6.92 Å². The van der Waals surface area contributed by atoms with Crippen LogP contribution >= 0.6 is 0 Å². The number of ether oxygens (including phenoxy) is 4. The van der Waals surface area contributed by atoms with E-state index in [1.165, 1.54) is 25.2 Å². The van der Waals surface area contributed by atoms with E-state index < -0.39 is 18.5 Å². The van der Waals surface area contributed by atoms with Crippen LogP contribution in [-0.2, 0) is 14.2 Å². The Hall–Kier alpha value is -3.10. The zero-order valence-corrected chi connectivity index (χ0v) is 17.0. The summed E-state index contributed by atoms with van der Waals surface area (Å²) in [7, 11) is 3.00. The average molecular weight is 402 g/mol. The molecule has 0 saturated carbocycles. The summed E-state index contributed by atoms with van der Waals surface area (Å²) >= 11 is 0. The number of hydrogen-bond acceptors (Lipinski definition) is 6. The monoisotopic (exact) mass is 402 g/mol. The number of carbonyl (C=O) groups is 2. The summed E-state index contributed by atoms with van der Waals surface area (Å²) in [5.41, 5.74) is 2.09. The maximum atomic E-state index is 12.9. The number of carbonyl (C=O) groups excluding carboxylic acids is 2. The SMILES string of the molecule is CCOC(=O)Nc1cccc(OC(=O)N(CC(OC)OC)c2cccc(C)c2)c1. The molecule has 1 N–H and O–H groups in total. The van der Waals surface area contributed by atoms with Gasteiger partial charge in [0.1, 0.15) is 5.75 Å². The lowest BCUT2D eigenvalue weighted by atomic mass is 10.2. The first-order valence-corrected chi connectivity index (χ1v) is 9.12. The molecule has 0 spiro atoms. The zero-order chi connectivity index (χ0) is 21.2. The molecule has 0 aliphatic carbocycles. The third-order valence-electron chi connectivity index (χ3n) is 3.95. The first kappa shape index (κ1) is 22.2. The van der Waals surface area contributed by atoms with Crippen LogP contribution in [0.4, 0.5) is 21.0 Å². The maximum absolute atomic E-state index is 12.9. The van der Waals surface area contributed by atoms with Gasteiger partial charge in [-0.25, -0.2) is 9.59 Å². The van der Waals surface area contributed by atoms with E-state index in [2.05, 4.69) is 5.32 Å². The first-order valence-electron chi connectivity index (χ1n) is 9.12. The van der Waals surface area contributed by atoms with Gasteiger partial charge in [0.2, 0.25) is 0 Å². The van der Waals surface area contributed by atoms with Crippen molar-refractivity contribution in [2.45, 2.75) is 20.1 Å². The topological polar surface area (TPSA) is 86.3 Å². The molecule has 0 saturated heterocycles. The summed E-state index contributed by atoms with van der Waals surface area (Å²) in [4.78, 5) is 25.9. The van der Waals surface area contributed by atoms with Crippen molar-refractivity contribution in [3.05, 3.63) is 54.1 Å². The molecule has 2 aromatic rings. The molecule has 0 fully saturated rings. The van der Waals surface area contributed by atoms with Crippen LogP contribution in [-0.4, -0.2) is 45.8 Å². The second kappa shape index (κ2) is 11.0. The van der Waals surface area contributed by atoms with Crippen molar-refractivity contribution in [2.75, 3.05) is 37.6 Å². The standard InChI is InChI=1S/C21H26N2O6/c1-5-28-20(24)22-16-9-7-11-18(13-16)29-21(25)23(14-19(26-3)27-4)17-10-6-8-15(2)12-17/h6-13,19H,5,14H2,1-4H3,(H,22,24). The minimum atomic E-state index is -0.625. The molecule has 0 radical (unpaired) electrons. The van der Waals surface area contributed by atoms with Crippen LogP contribution in [0.5, 0.6) is 5.75 Å². The molecule has 0 atom stereocenters. The molecule has 8 nitrogen and oxygen atoms in total. The van der Waals surface area contributed by atoms with E-state index in [1.807, 2.05) is 25.1 Å². The highest BCUT2D eigenvalue weighted by Gasteiger charge is 2.23. The predicted molar refractivity (Wildman–Crippen MR) is 109 cm³/mol. The fraction of sp³-hybridized carbons (Fsp3) is 0.333. The quantitative estimate of drug-likeness (QED) is 0.667. The molecule has 0 aliphatic heterocycles. The third-order valence-corrected chi connectivity index (χ3v) is 3.95. The van der Waals surface area contributed by atoms with Gasteiger partial charge in [0.15, 0.2) is 6.29 Å². The number of aryl methyl sites for hydroxylation is 1. The number of nitrogens with one attached hydrogen (secondary N) is 1. The highest BCUT2D eigenvalue weighted by molar-refractivity contribution is 5.90. The van der Waals surface area contributed by atoms with Crippen molar-refractivity contribution in [1.29, 1.82) is 0 Å². The van der Waals surface area contributed by atoms with Crippen molar-refractivity contribution in [2.24, 2.45) is 0 Å². The highest BCUT2D eigenvalue weighted by Crippen LogP contribution is 2.22. The Labute approximate surface area is 170 Å². The molecule has 0 aliphatic rings. The Morgan fingerprint density at radius 2 is 1.79 bits per heavy atom. The second-order valence-electron chi connectivity index (χ2n) is 6.09. The zero-order valence-electron chi connectivity index (χ0n) is 17.0. The molecular weight excluding hydrogens is 376 g/mol. The molecule has 2 rings (SSSR count). The Bertz CT molecular complexity index is 822. The predicted octanol–water partition coefficient (Wildman–Crippen LogP) is 4.19. The highest BCUT2D eigenvalue weighted by atomic mass is 16.7. The van der Waals surface area contributed by atoms with Crippen molar-refractivity contribution in [3.8, 4) is 5.75 Å². The normalized spacial score (nSPS) is 10.5. The van der Waals surface area contributed by atoms with Gasteiger partial charge in [-0.15, -0.1) is 0 Å². The van der Waals surface area contributed by atoms with E-state index in [4.69, 9.17) is 18.9 Å². The molecule has 0 bridgehead atoms. The summed E-state index contributed by atoms with van der Waals surface area (Å²) in [6.45, 7) is 4.04. The number of hydrogen-bond donors (Lipinski definition) is 1. The molecule has 2 amide bonds. The minimum absolute atomic E-state index is 0.135. The van der Waals surface area contributed by atoms with Crippen LogP contribution in [0.3, 0.4) is 0 Å². The average Bonchev–Trinajstić information content (AvgIpc) is 2.69. The van der Waals surface area contributed by atoms with Crippen LogP contribution in [0.2, 0.25) is 0 Å². The van der Waals surface area contributed by atoms with Crippen LogP contribution in [0.25, 0.3) is 0 Å². The summed E-state index contributed by atoms with van der Waals surface area (Å²) in [5.74, 6) is 0.272. The van der Waals surface area contributed by atoms with Gasteiger partial charge >= 0.3 is 12.2 Å². The van der Waals surface area contributed by atoms with Crippen molar-refractivity contribution in [3.63, 3.8) is 0 Å². The molecular formula is C21H26N2O6. The van der Waals surface area contributed by atoms with Gasteiger partial charge in [-0.2, -0.15) is 0 Å². The fourth-order valence-corrected chi connectivity index (χ4v) is 2.55. The third kappa shape index (κ3) is 6.78. The Morgan fingerprint density at radius 3 is 2.45 bits per heavy atom. The summed E-state index contributed by atoms with van der Waals surface area (Å²) in [6, 6.07) is 13.9. The Kier molecular flexibility index (Phi) is 8.45. The number of rotatable bonds is 8. The van der Waals surface area contributed by atoms with Crippen LogP contribution < -0.4 is 15.0 Å². The van der Waals surface area contributed by atoms with E-state index in [1.54, 1.807) is 31.2 Å². The van der Waals surface area contributed by atoms with Crippen molar-refractivity contribution in [1.82, 2.24) is 0 Å². The van der Waals surface area contributed by atoms with Crippen LogP contribution in [0.1, 0.15) is 12.5 Å². The van der Waals surface area contributed by atoms with E-state index in [-0.39, 0.29) is 18.9 Å². The van der Waals surface area contributed by atoms with Crippen molar-refractivity contribution < 1.29 is 28.5 Å². The van der Waals surface area contributed by atoms with Crippen molar-refractivity contribution >= 4 is 23.6 Å². The van der Waals surface area contributed by atoms with E-state index in [0.717, 1.165) is 5.56 Å². The molecule has 156 valence electrons. The number of benzene rings is 2. The van der Waals surface area contributed by atoms with E-state index in [0.29, 0.717) is 11.4 Å². The smallest absolute Gasteiger partial charge is 0.419 e. The molecule has 2 aromatic carbocycles. The van der Waals surface area contributed by atoms with E-state index >= 15 is 0 Å². The van der Waals surface area contributed by atoms with Gasteiger partial charge < -0.3 is 18.9 Å². The largest absolute Gasteiger partial charge is 0.450 e. The molecule has 29 heavy (non-hydrogen) atoms. The molecule has 0 aromatic heterocycles. The molecule has 0 unspecified atom stereocenters. The first-order chi connectivity index (χ1) is 14.0. The minimum Gasteiger partial charge on any atom is -0.450 e. The van der Waals surface area contributed by atoms with E-state index in [9.17, 15) is 9.59 Å². The number of anilines is 2. The lowest BCUT2D eigenvalue weighted by Gasteiger charge is -2.26. The summed E-state index contributed by atoms with van der Waals surface area (Å²) in [6.07, 6.45) is -1.82. The molecule has 8 heteroatoms. The lowest BCUT2D eigenvalue weighted by Crippen LogP contribution is -2.40. The van der Waals surface area contributed by atoms with Gasteiger partial charge in [0.25, 0.3) is 0 Å². The number of nitrogens with zero attached hydrogens (tertiary/aromatic N) is 1. The number of amides is 2. The second-order valence-corrected chi connectivity index (χ2v) is 6.09. The Balaban J connectivity index is 2.19. The van der Waals surface area contributed by atoms with Gasteiger partial charge in [-0.1, -0.05) is 18.2 Å². The number of methoxy groups -OCH3 is 2. The van der Waals surface area contributed by atoms with Gasteiger partial charge in [0.05, 0.1) is 13.2 Å². The maximum Gasteiger partial charge on any atom is 0.419 e. The molecule has 0 heterocycles. The van der Waals surface area contributed by atoms with Gasteiger partial charge in [-0.05, 0) is 43.7 Å². The summed E-state index contributed by atoms with van der Waals surface area (Å²) in [5, 5.41) is 2.57.